The van der Waals surface area contributed by atoms with Crippen molar-refractivity contribution in [1.29, 1.82) is 0 Å². The molecule has 0 saturated carbocycles. The fourth-order valence-corrected chi connectivity index (χ4v) is 2.33. The summed E-state index contributed by atoms with van der Waals surface area (Å²) in [4.78, 5) is 12.4. The molecule has 2 N–H and O–H groups in total. The Morgan fingerprint density at radius 3 is 2.32 bits per heavy atom. The number of methoxy groups -OCH3 is 1. The van der Waals surface area contributed by atoms with E-state index < -0.39 is 0 Å². The van der Waals surface area contributed by atoms with Gasteiger partial charge in [0.15, 0.2) is 0 Å². The Labute approximate surface area is 149 Å². The third-order valence-corrected chi connectivity index (χ3v) is 3.68. The Bertz CT molecular complexity index is 752. The van der Waals surface area contributed by atoms with E-state index in [-0.39, 0.29) is 17.0 Å². The van der Waals surface area contributed by atoms with Gasteiger partial charge in [0.05, 0.1) is 18.3 Å². The molecular weight excluding hydrogens is 316 g/mol. The first-order valence-electron chi connectivity index (χ1n) is 8.34. The van der Waals surface area contributed by atoms with Gasteiger partial charge >= 0.3 is 6.03 Å². The SMILES string of the molecule is COc1cccc(NC(=O)Nc2cc(C(C)(C)C)nn2C(C)(C)C)c1. The number of anilines is 2. The minimum atomic E-state index is -0.320. The molecule has 0 aliphatic heterocycles. The first kappa shape index (κ1) is 18.8. The fourth-order valence-electron chi connectivity index (χ4n) is 2.33. The summed E-state index contributed by atoms with van der Waals surface area (Å²) < 4.78 is 7.02. The summed E-state index contributed by atoms with van der Waals surface area (Å²) in [5.74, 6) is 1.35. The number of carbonyl (C=O) groups excluding carboxylic acids is 1. The van der Waals surface area contributed by atoms with Crippen LogP contribution in [-0.4, -0.2) is 22.9 Å². The maximum Gasteiger partial charge on any atom is 0.324 e. The lowest BCUT2D eigenvalue weighted by Crippen LogP contribution is -2.28. The van der Waals surface area contributed by atoms with E-state index in [0.717, 1.165) is 5.69 Å². The summed E-state index contributed by atoms with van der Waals surface area (Å²) in [7, 11) is 1.59. The van der Waals surface area contributed by atoms with Crippen molar-refractivity contribution in [2.75, 3.05) is 17.7 Å². The molecule has 0 atom stereocenters. The van der Waals surface area contributed by atoms with Crippen molar-refractivity contribution in [1.82, 2.24) is 9.78 Å². The second kappa shape index (κ2) is 6.78. The molecule has 0 unspecified atom stereocenters. The predicted molar refractivity (Wildman–Crippen MR) is 102 cm³/mol. The molecule has 1 aromatic carbocycles. The van der Waals surface area contributed by atoms with Crippen molar-refractivity contribution in [3.63, 3.8) is 0 Å². The molecule has 6 heteroatoms. The Balaban J connectivity index is 2.23. The van der Waals surface area contributed by atoms with Crippen molar-refractivity contribution in [3.8, 4) is 5.75 Å². The van der Waals surface area contributed by atoms with Crippen LogP contribution in [0.5, 0.6) is 5.75 Å². The lowest BCUT2D eigenvalue weighted by Gasteiger charge is -2.23. The number of nitrogens with zero attached hydrogens (tertiary/aromatic N) is 2. The number of rotatable bonds is 3. The zero-order valence-electron chi connectivity index (χ0n) is 16.1. The van der Waals surface area contributed by atoms with Gasteiger partial charge in [0.2, 0.25) is 0 Å². The first-order chi connectivity index (χ1) is 11.5. The van der Waals surface area contributed by atoms with Crippen LogP contribution in [0.4, 0.5) is 16.3 Å². The highest BCUT2D eigenvalue weighted by molar-refractivity contribution is 5.99. The van der Waals surface area contributed by atoms with Crippen LogP contribution in [0.3, 0.4) is 0 Å². The van der Waals surface area contributed by atoms with E-state index in [9.17, 15) is 4.79 Å². The fraction of sp³-hybridized carbons (Fsp3) is 0.474. The minimum Gasteiger partial charge on any atom is -0.497 e. The monoisotopic (exact) mass is 344 g/mol. The van der Waals surface area contributed by atoms with Crippen molar-refractivity contribution in [2.24, 2.45) is 0 Å². The van der Waals surface area contributed by atoms with Gasteiger partial charge in [-0.2, -0.15) is 5.10 Å². The van der Waals surface area contributed by atoms with Crippen LogP contribution < -0.4 is 15.4 Å². The maximum atomic E-state index is 12.4. The second-order valence-electron chi connectivity index (χ2n) is 8.06. The summed E-state index contributed by atoms with van der Waals surface area (Å²) in [5.41, 5.74) is 1.24. The molecule has 1 aromatic heterocycles. The van der Waals surface area contributed by atoms with Gasteiger partial charge in [-0.25, -0.2) is 9.48 Å². The highest BCUT2D eigenvalue weighted by Crippen LogP contribution is 2.28. The van der Waals surface area contributed by atoms with Gasteiger partial charge in [0.1, 0.15) is 11.6 Å². The van der Waals surface area contributed by atoms with Crippen LogP contribution in [0.2, 0.25) is 0 Å². The zero-order chi connectivity index (χ0) is 18.8. The number of nitrogens with one attached hydrogen (secondary N) is 2. The van der Waals surface area contributed by atoms with E-state index in [0.29, 0.717) is 17.3 Å². The number of ether oxygens (including phenoxy) is 1. The number of urea groups is 1. The average Bonchev–Trinajstić information content (AvgIpc) is 2.91. The van der Waals surface area contributed by atoms with Crippen LogP contribution in [0.25, 0.3) is 0 Å². The lowest BCUT2D eigenvalue weighted by molar-refractivity contribution is 0.261. The lowest BCUT2D eigenvalue weighted by atomic mass is 9.92. The number of amides is 2. The highest BCUT2D eigenvalue weighted by atomic mass is 16.5. The number of hydrogen-bond acceptors (Lipinski definition) is 3. The van der Waals surface area contributed by atoms with Crippen LogP contribution in [0, 0.1) is 0 Å². The maximum absolute atomic E-state index is 12.4. The molecule has 6 nitrogen and oxygen atoms in total. The number of aromatic nitrogens is 2. The van der Waals surface area contributed by atoms with E-state index in [1.165, 1.54) is 0 Å². The van der Waals surface area contributed by atoms with Crippen LogP contribution in [0.15, 0.2) is 30.3 Å². The molecule has 0 saturated heterocycles. The quantitative estimate of drug-likeness (QED) is 0.856. The number of benzene rings is 1. The van der Waals surface area contributed by atoms with Gasteiger partial charge in [-0.15, -0.1) is 0 Å². The summed E-state index contributed by atoms with van der Waals surface area (Å²) in [6, 6.07) is 8.83. The van der Waals surface area contributed by atoms with Crippen LogP contribution >= 0.6 is 0 Å². The molecule has 0 aliphatic carbocycles. The smallest absolute Gasteiger partial charge is 0.324 e. The predicted octanol–water partition coefficient (Wildman–Crippen LogP) is 4.59. The molecule has 0 fully saturated rings. The molecule has 2 amide bonds. The van der Waals surface area contributed by atoms with E-state index in [2.05, 4.69) is 52.2 Å². The summed E-state index contributed by atoms with van der Waals surface area (Å²) in [6.45, 7) is 12.5. The van der Waals surface area contributed by atoms with Crippen molar-refractivity contribution in [2.45, 2.75) is 52.5 Å². The number of hydrogen-bond donors (Lipinski definition) is 2. The van der Waals surface area contributed by atoms with Gasteiger partial charge in [0, 0.05) is 23.2 Å². The molecular formula is C19H28N4O2. The molecule has 2 aromatic rings. The van der Waals surface area contributed by atoms with Crippen molar-refractivity contribution < 1.29 is 9.53 Å². The Morgan fingerprint density at radius 2 is 1.76 bits per heavy atom. The highest BCUT2D eigenvalue weighted by Gasteiger charge is 2.25. The molecule has 1 heterocycles. The van der Waals surface area contributed by atoms with E-state index in [4.69, 9.17) is 9.84 Å². The van der Waals surface area contributed by atoms with Crippen molar-refractivity contribution in [3.05, 3.63) is 36.0 Å². The largest absolute Gasteiger partial charge is 0.497 e. The molecule has 25 heavy (non-hydrogen) atoms. The third-order valence-electron chi connectivity index (χ3n) is 3.68. The summed E-state index contributed by atoms with van der Waals surface area (Å²) >= 11 is 0. The molecule has 0 bridgehead atoms. The standard InChI is InChI=1S/C19H28N4O2/c1-18(2,3)15-12-16(23(22-15)19(4,5)6)21-17(24)20-13-9-8-10-14(11-13)25-7/h8-12H,1-7H3,(H2,20,21,24). The third kappa shape index (κ3) is 4.75. The molecule has 2 rings (SSSR count). The van der Waals surface area contributed by atoms with E-state index >= 15 is 0 Å². The topological polar surface area (TPSA) is 68.2 Å². The van der Waals surface area contributed by atoms with E-state index in [1.807, 2.05) is 28.9 Å². The van der Waals surface area contributed by atoms with Crippen molar-refractivity contribution >= 4 is 17.5 Å². The van der Waals surface area contributed by atoms with Gasteiger partial charge in [-0.3, -0.25) is 5.32 Å². The molecule has 0 spiro atoms. The summed E-state index contributed by atoms with van der Waals surface area (Å²) in [5, 5.41) is 10.4. The summed E-state index contributed by atoms with van der Waals surface area (Å²) in [6.07, 6.45) is 0. The second-order valence-corrected chi connectivity index (χ2v) is 8.06. The molecule has 136 valence electrons. The number of carbonyl (C=O) groups is 1. The normalized spacial score (nSPS) is 12.0. The van der Waals surface area contributed by atoms with Gasteiger partial charge in [-0.1, -0.05) is 26.8 Å². The Morgan fingerprint density at radius 1 is 1.08 bits per heavy atom. The average molecular weight is 344 g/mol. The van der Waals surface area contributed by atoms with Gasteiger partial charge in [-0.05, 0) is 32.9 Å². The zero-order valence-corrected chi connectivity index (χ0v) is 16.1. The Kier molecular flexibility index (Phi) is 5.11. The van der Waals surface area contributed by atoms with Gasteiger partial charge in [0.25, 0.3) is 0 Å². The van der Waals surface area contributed by atoms with Crippen LogP contribution in [0.1, 0.15) is 47.2 Å². The van der Waals surface area contributed by atoms with Gasteiger partial charge < -0.3 is 10.1 Å². The van der Waals surface area contributed by atoms with E-state index in [1.54, 1.807) is 13.2 Å². The molecule has 0 radical (unpaired) electrons. The first-order valence-corrected chi connectivity index (χ1v) is 8.34. The Hall–Kier alpha value is -2.50. The minimum absolute atomic E-state index is 0.101. The van der Waals surface area contributed by atoms with Crippen LogP contribution in [-0.2, 0) is 11.0 Å². The molecule has 0 aliphatic rings.